The van der Waals surface area contributed by atoms with Gasteiger partial charge in [-0.1, -0.05) is 0 Å². The molecule has 0 aromatic carbocycles. The van der Waals surface area contributed by atoms with E-state index < -0.39 is 0 Å². The Morgan fingerprint density at radius 3 is 2.58 bits per heavy atom. The van der Waals surface area contributed by atoms with Gasteiger partial charge in [-0.15, -0.1) is 0 Å². The molecule has 2 aliphatic heterocycles. The SMILES string of the molecule is CN1CCCC1CCN1CCC(OCCCO)CC1. The van der Waals surface area contributed by atoms with E-state index in [9.17, 15) is 0 Å². The highest BCUT2D eigenvalue weighted by Gasteiger charge is 2.23. The smallest absolute Gasteiger partial charge is 0.0599 e. The summed E-state index contributed by atoms with van der Waals surface area (Å²) < 4.78 is 5.77. The van der Waals surface area contributed by atoms with Gasteiger partial charge >= 0.3 is 0 Å². The average molecular weight is 270 g/mol. The van der Waals surface area contributed by atoms with Crippen LogP contribution in [0.1, 0.15) is 38.5 Å². The summed E-state index contributed by atoms with van der Waals surface area (Å²) in [5.41, 5.74) is 0. The van der Waals surface area contributed by atoms with Crippen molar-refractivity contribution in [3.63, 3.8) is 0 Å². The molecule has 0 aromatic rings. The molecule has 0 aliphatic carbocycles. The number of aliphatic hydroxyl groups excluding tert-OH is 1. The van der Waals surface area contributed by atoms with Crippen LogP contribution in [0, 0.1) is 0 Å². The topological polar surface area (TPSA) is 35.9 Å². The Labute approximate surface area is 117 Å². The minimum Gasteiger partial charge on any atom is -0.396 e. The van der Waals surface area contributed by atoms with Gasteiger partial charge in [0.15, 0.2) is 0 Å². The van der Waals surface area contributed by atoms with Gasteiger partial charge in [0, 0.05) is 32.3 Å². The van der Waals surface area contributed by atoms with Gasteiger partial charge in [0.05, 0.1) is 6.10 Å². The molecule has 1 atom stereocenters. The van der Waals surface area contributed by atoms with Gasteiger partial charge in [-0.05, 0) is 58.7 Å². The number of ether oxygens (including phenoxy) is 1. The maximum absolute atomic E-state index is 8.74. The van der Waals surface area contributed by atoms with Gasteiger partial charge in [-0.25, -0.2) is 0 Å². The monoisotopic (exact) mass is 270 g/mol. The van der Waals surface area contributed by atoms with Crippen LogP contribution in [-0.4, -0.2) is 73.5 Å². The van der Waals surface area contributed by atoms with Crippen molar-refractivity contribution in [3.05, 3.63) is 0 Å². The van der Waals surface area contributed by atoms with Gasteiger partial charge in [0.1, 0.15) is 0 Å². The molecule has 4 heteroatoms. The third kappa shape index (κ3) is 5.03. The summed E-state index contributed by atoms with van der Waals surface area (Å²) in [6, 6.07) is 0.818. The fraction of sp³-hybridized carbons (Fsp3) is 1.00. The lowest BCUT2D eigenvalue weighted by Gasteiger charge is -2.33. The summed E-state index contributed by atoms with van der Waals surface area (Å²) >= 11 is 0. The fourth-order valence-corrected chi connectivity index (χ4v) is 3.29. The van der Waals surface area contributed by atoms with Crippen LogP contribution in [0.3, 0.4) is 0 Å². The molecule has 0 aromatic heterocycles. The van der Waals surface area contributed by atoms with E-state index in [-0.39, 0.29) is 6.61 Å². The largest absolute Gasteiger partial charge is 0.396 e. The van der Waals surface area contributed by atoms with E-state index in [1.165, 1.54) is 45.4 Å². The van der Waals surface area contributed by atoms with E-state index in [0.717, 1.165) is 25.3 Å². The van der Waals surface area contributed by atoms with Crippen molar-refractivity contribution in [2.75, 3.05) is 46.4 Å². The molecule has 2 aliphatic rings. The summed E-state index contributed by atoms with van der Waals surface area (Å²) in [6.07, 6.45) is 7.61. The number of nitrogens with zero attached hydrogens (tertiary/aromatic N) is 2. The maximum Gasteiger partial charge on any atom is 0.0599 e. The molecular formula is C15H30N2O2. The van der Waals surface area contributed by atoms with Crippen LogP contribution in [0.4, 0.5) is 0 Å². The van der Waals surface area contributed by atoms with Crippen molar-refractivity contribution < 1.29 is 9.84 Å². The molecule has 0 spiro atoms. The molecular weight excluding hydrogens is 240 g/mol. The van der Waals surface area contributed by atoms with E-state index in [1.807, 2.05) is 0 Å². The summed E-state index contributed by atoms with van der Waals surface area (Å²) in [7, 11) is 2.26. The Bertz CT molecular complexity index is 242. The maximum atomic E-state index is 8.74. The summed E-state index contributed by atoms with van der Waals surface area (Å²) in [4.78, 5) is 5.11. The predicted octanol–water partition coefficient (Wildman–Crippen LogP) is 1.33. The first-order valence-corrected chi connectivity index (χ1v) is 7.94. The van der Waals surface area contributed by atoms with Crippen molar-refractivity contribution in [1.82, 2.24) is 9.80 Å². The Hall–Kier alpha value is -0.160. The lowest BCUT2D eigenvalue weighted by molar-refractivity contribution is 0.00132. The van der Waals surface area contributed by atoms with Crippen LogP contribution < -0.4 is 0 Å². The van der Waals surface area contributed by atoms with E-state index in [4.69, 9.17) is 9.84 Å². The second-order valence-electron chi connectivity index (χ2n) is 6.05. The molecule has 0 bridgehead atoms. The molecule has 2 fully saturated rings. The van der Waals surface area contributed by atoms with Crippen LogP contribution in [0.5, 0.6) is 0 Å². The summed E-state index contributed by atoms with van der Waals surface area (Å²) in [6.45, 7) is 5.85. The lowest BCUT2D eigenvalue weighted by atomic mass is 10.1. The number of likely N-dealkylation sites (tertiary alicyclic amines) is 2. The van der Waals surface area contributed by atoms with Gasteiger partial charge in [-0.3, -0.25) is 0 Å². The van der Waals surface area contributed by atoms with Crippen molar-refractivity contribution in [2.24, 2.45) is 0 Å². The van der Waals surface area contributed by atoms with Crippen LogP contribution in [0.2, 0.25) is 0 Å². The summed E-state index contributed by atoms with van der Waals surface area (Å²) in [5, 5.41) is 8.74. The molecule has 2 heterocycles. The Morgan fingerprint density at radius 2 is 1.95 bits per heavy atom. The zero-order valence-electron chi connectivity index (χ0n) is 12.4. The molecule has 112 valence electrons. The molecule has 1 unspecified atom stereocenters. The number of piperidine rings is 1. The minimum atomic E-state index is 0.244. The molecule has 2 rings (SSSR count). The van der Waals surface area contributed by atoms with E-state index in [2.05, 4.69) is 16.8 Å². The van der Waals surface area contributed by atoms with Crippen LogP contribution in [0.15, 0.2) is 0 Å². The van der Waals surface area contributed by atoms with Crippen LogP contribution in [-0.2, 0) is 4.74 Å². The highest BCUT2D eigenvalue weighted by atomic mass is 16.5. The quantitative estimate of drug-likeness (QED) is 0.708. The molecule has 0 amide bonds. The first-order valence-electron chi connectivity index (χ1n) is 7.94. The Kier molecular flexibility index (Phi) is 6.57. The second kappa shape index (κ2) is 8.20. The highest BCUT2D eigenvalue weighted by Crippen LogP contribution is 2.20. The van der Waals surface area contributed by atoms with Gasteiger partial charge in [-0.2, -0.15) is 0 Å². The first-order chi connectivity index (χ1) is 9.29. The van der Waals surface area contributed by atoms with Crippen molar-refractivity contribution in [1.29, 1.82) is 0 Å². The minimum absolute atomic E-state index is 0.244. The first kappa shape index (κ1) is 15.2. The lowest BCUT2D eigenvalue weighted by Crippen LogP contribution is -2.39. The second-order valence-corrected chi connectivity index (χ2v) is 6.05. The van der Waals surface area contributed by atoms with Crippen molar-refractivity contribution in [3.8, 4) is 0 Å². The van der Waals surface area contributed by atoms with Gasteiger partial charge < -0.3 is 19.6 Å². The molecule has 19 heavy (non-hydrogen) atoms. The molecule has 4 nitrogen and oxygen atoms in total. The summed E-state index contributed by atoms with van der Waals surface area (Å²) in [5.74, 6) is 0. The highest BCUT2D eigenvalue weighted by molar-refractivity contribution is 4.79. The van der Waals surface area contributed by atoms with Gasteiger partial charge in [0.2, 0.25) is 0 Å². The molecule has 1 N–H and O–H groups in total. The Morgan fingerprint density at radius 1 is 1.16 bits per heavy atom. The Balaban J connectivity index is 1.55. The van der Waals surface area contributed by atoms with E-state index in [0.29, 0.717) is 12.7 Å². The zero-order chi connectivity index (χ0) is 13.5. The van der Waals surface area contributed by atoms with E-state index in [1.54, 1.807) is 0 Å². The number of hydrogen-bond acceptors (Lipinski definition) is 4. The zero-order valence-corrected chi connectivity index (χ0v) is 12.4. The van der Waals surface area contributed by atoms with Crippen LogP contribution >= 0.6 is 0 Å². The van der Waals surface area contributed by atoms with Crippen molar-refractivity contribution >= 4 is 0 Å². The van der Waals surface area contributed by atoms with Crippen molar-refractivity contribution in [2.45, 2.75) is 50.7 Å². The van der Waals surface area contributed by atoms with E-state index >= 15 is 0 Å². The van der Waals surface area contributed by atoms with Gasteiger partial charge in [0.25, 0.3) is 0 Å². The standard InChI is InChI=1S/C15H30N2O2/c1-16-8-2-4-14(16)5-9-17-10-6-15(7-11-17)19-13-3-12-18/h14-15,18H,2-13H2,1H3. The number of aliphatic hydroxyl groups is 1. The third-order valence-corrected chi connectivity index (χ3v) is 4.64. The molecule has 0 radical (unpaired) electrons. The fourth-order valence-electron chi connectivity index (χ4n) is 3.29. The molecule has 2 saturated heterocycles. The number of rotatable bonds is 7. The normalized spacial score (nSPS) is 27.2. The van der Waals surface area contributed by atoms with Crippen LogP contribution in [0.25, 0.3) is 0 Å². The molecule has 0 saturated carbocycles. The number of hydrogen-bond donors (Lipinski definition) is 1. The predicted molar refractivity (Wildman–Crippen MR) is 77.4 cm³/mol. The third-order valence-electron chi connectivity index (χ3n) is 4.64. The average Bonchev–Trinajstić information content (AvgIpc) is 2.84.